The lowest BCUT2D eigenvalue weighted by Gasteiger charge is -2.11. The first-order valence-corrected chi connectivity index (χ1v) is 4.79. The Morgan fingerprint density at radius 2 is 2.46 bits per heavy atom. The normalized spacial score (nSPS) is 26.8. The molecule has 0 aromatic rings. The Balaban J connectivity index is 2.37. The molecule has 74 valence electrons. The zero-order valence-electron chi connectivity index (χ0n) is 7.79. The molecule has 4 nitrogen and oxygen atoms in total. The third kappa shape index (κ3) is 2.84. The van der Waals surface area contributed by atoms with Crippen molar-refractivity contribution in [2.45, 2.75) is 32.4 Å². The van der Waals surface area contributed by atoms with Gasteiger partial charge in [0.05, 0.1) is 0 Å². The van der Waals surface area contributed by atoms with Crippen LogP contribution in [0.3, 0.4) is 0 Å². The molecule has 1 rings (SSSR count). The lowest BCUT2D eigenvalue weighted by molar-refractivity contribution is -0.142. The Labute approximate surface area is 83.0 Å². The molecule has 5 heteroatoms. The molecular weight excluding hydrogens is 188 g/mol. The highest BCUT2D eigenvalue weighted by molar-refractivity contribution is 7.80. The first kappa shape index (κ1) is 10.2. The van der Waals surface area contributed by atoms with E-state index in [0.717, 1.165) is 6.54 Å². The first-order valence-electron chi connectivity index (χ1n) is 4.38. The highest BCUT2D eigenvalue weighted by atomic mass is 32.1. The molecule has 2 N–H and O–H groups in total. The number of hydrogen-bond acceptors (Lipinski definition) is 3. The minimum atomic E-state index is -0.276. The quantitative estimate of drug-likeness (QED) is 0.494. The van der Waals surface area contributed by atoms with Crippen LogP contribution in [0.2, 0.25) is 0 Å². The predicted octanol–water partition coefficient (Wildman–Crippen LogP) is 0.174. The number of carbonyl (C=O) groups is 1. The fraction of sp³-hybridized carbons (Fsp3) is 0.750. The van der Waals surface area contributed by atoms with Gasteiger partial charge in [-0.25, -0.2) is 4.79 Å². The number of carbonyl (C=O) groups excluding carboxylic acids is 1. The number of rotatable bonds is 2. The van der Waals surface area contributed by atoms with Gasteiger partial charge in [0.15, 0.2) is 5.11 Å². The Kier molecular flexibility index (Phi) is 3.48. The molecule has 0 saturated carbocycles. The maximum Gasteiger partial charge on any atom is 0.329 e. The van der Waals surface area contributed by atoms with Gasteiger partial charge in [-0.1, -0.05) is 0 Å². The minimum absolute atomic E-state index is 0.00516. The molecule has 1 aliphatic rings. The van der Waals surface area contributed by atoms with Crippen LogP contribution in [0.25, 0.3) is 0 Å². The highest BCUT2D eigenvalue weighted by Crippen LogP contribution is 2.13. The van der Waals surface area contributed by atoms with Gasteiger partial charge in [-0.15, -0.1) is 0 Å². The van der Waals surface area contributed by atoms with Crippen LogP contribution in [0.1, 0.15) is 20.3 Å². The van der Waals surface area contributed by atoms with Crippen LogP contribution in [-0.2, 0) is 9.53 Å². The summed E-state index contributed by atoms with van der Waals surface area (Å²) in [6, 6.07) is -0.276. The number of nitrogens with one attached hydrogen (secondary N) is 2. The number of hydrogen-bond donors (Lipinski definition) is 2. The molecule has 0 radical (unpaired) electrons. The summed E-state index contributed by atoms with van der Waals surface area (Å²) >= 11 is 4.95. The van der Waals surface area contributed by atoms with Crippen molar-refractivity contribution in [2.75, 3.05) is 6.54 Å². The lowest BCUT2D eigenvalue weighted by atomic mass is 10.2. The Morgan fingerprint density at radius 1 is 1.77 bits per heavy atom. The summed E-state index contributed by atoms with van der Waals surface area (Å²) in [5, 5.41) is 6.34. The molecule has 0 aliphatic carbocycles. The van der Waals surface area contributed by atoms with Crippen LogP contribution in [0.15, 0.2) is 0 Å². The number of thiocarbonyl (C=S) groups is 1. The van der Waals surface area contributed by atoms with E-state index in [0.29, 0.717) is 11.5 Å². The molecule has 0 bridgehead atoms. The number of ether oxygens (including phenoxy) is 1. The van der Waals surface area contributed by atoms with Gasteiger partial charge in [-0.2, -0.15) is 0 Å². The summed E-state index contributed by atoms with van der Waals surface area (Å²) in [4.78, 5) is 11.2. The van der Waals surface area contributed by atoms with Crippen molar-refractivity contribution >= 4 is 23.3 Å². The van der Waals surface area contributed by atoms with Gasteiger partial charge >= 0.3 is 5.97 Å². The van der Waals surface area contributed by atoms with Gasteiger partial charge in [0.1, 0.15) is 12.1 Å². The van der Waals surface area contributed by atoms with Crippen LogP contribution < -0.4 is 10.6 Å². The molecule has 13 heavy (non-hydrogen) atoms. The molecule has 1 aliphatic heterocycles. The predicted molar refractivity (Wildman–Crippen MR) is 53.4 cm³/mol. The van der Waals surface area contributed by atoms with E-state index in [1.165, 1.54) is 0 Å². The van der Waals surface area contributed by atoms with Crippen LogP contribution >= 0.6 is 12.2 Å². The second kappa shape index (κ2) is 4.41. The largest absolute Gasteiger partial charge is 0.461 e. The summed E-state index contributed by atoms with van der Waals surface area (Å²) < 4.78 is 4.96. The summed E-state index contributed by atoms with van der Waals surface area (Å²) in [6.07, 6.45) is 0.680. The molecule has 1 saturated heterocycles. The monoisotopic (exact) mass is 202 g/mol. The molecule has 0 unspecified atom stereocenters. The number of cyclic esters (lactones) is 1. The van der Waals surface area contributed by atoms with Gasteiger partial charge in [0.25, 0.3) is 0 Å². The fourth-order valence-electron chi connectivity index (χ4n) is 1.24. The van der Waals surface area contributed by atoms with Crippen molar-refractivity contribution in [3.8, 4) is 0 Å². The van der Waals surface area contributed by atoms with E-state index < -0.39 is 0 Å². The smallest absolute Gasteiger partial charge is 0.329 e. The van der Waals surface area contributed by atoms with Gasteiger partial charge < -0.3 is 15.4 Å². The molecule has 0 spiro atoms. The fourth-order valence-corrected chi connectivity index (χ4v) is 1.53. The molecule has 0 aromatic heterocycles. The average Bonchev–Trinajstić information content (AvgIpc) is 2.30. The zero-order valence-corrected chi connectivity index (χ0v) is 8.61. The van der Waals surface area contributed by atoms with E-state index in [1.54, 1.807) is 0 Å². The van der Waals surface area contributed by atoms with Gasteiger partial charge in [-0.3, -0.25) is 0 Å². The highest BCUT2D eigenvalue weighted by Gasteiger charge is 2.31. The third-order valence-corrected chi connectivity index (χ3v) is 2.07. The molecule has 1 heterocycles. The Hall–Kier alpha value is -0.840. The van der Waals surface area contributed by atoms with Crippen molar-refractivity contribution in [1.29, 1.82) is 0 Å². The van der Waals surface area contributed by atoms with Crippen LogP contribution in [0, 0.1) is 0 Å². The maximum atomic E-state index is 11.2. The molecule has 0 aromatic carbocycles. The van der Waals surface area contributed by atoms with Gasteiger partial charge in [0, 0.05) is 13.0 Å². The van der Waals surface area contributed by atoms with Crippen LogP contribution in [-0.4, -0.2) is 29.8 Å². The van der Waals surface area contributed by atoms with Crippen LogP contribution in [0.5, 0.6) is 0 Å². The van der Waals surface area contributed by atoms with E-state index in [9.17, 15) is 4.79 Å². The molecule has 1 fully saturated rings. The second-order valence-electron chi connectivity index (χ2n) is 3.04. The topological polar surface area (TPSA) is 50.4 Å². The molecule has 0 amide bonds. The second-order valence-corrected chi connectivity index (χ2v) is 3.45. The van der Waals surface area contributed by atoms with Crippen molar-refractivity contribution in [3.63, 3.8) is 0 Å². The number of esters is 1. The van der Waals surface area contributed by atoms with Gasteiger partial charge in [-0.05, 0) is 26.1 Å². The van der Waals surface area contributed by atoms with Gasteiger partial charge in [0.2, 0.25) is 0 Å². The van der Waals surface area contributed by atoms with E-state index in [1.807, 2.05) is 13.8 Å². The molecule has 2 atom stereocenters. The van der Waals surface area contributed by atoms with E-state index in [-0.39, 0.29) is 18.1 Å². The summed E-state index contributed by atoms with van der Waals surface area (Å²) in [5.41, 5.74) is 0. The van der Waals surface area contributed by atoms with E-state index in [2.05, 4.69) is 10.6 Å². The summed E-state index contributed by atoms with van der Waals surface area (Å²) in [7, 11) is 0. The zero-order chi connectivity index (χ0) is 9.84. The minimum Gasteiger partial charge on any atom is -0.461 e. The Morgan fingerprint density at radius 3 is 2.92 bits per heavy atom. The standard InChI is InChI=1S/C8H14N2O2S/c1-3-9-8(13)10-6-4-5(2)12-7(6)11/h5-6H,3-4H2,1-2H3,(H2,9,10,13)/t5-,6+/m1/s1. The van der Waals surface area contributed by atoms with Crippen molar-refractivity contribution in [2.24, 2.45) is 0 Å². The van der Waals surface area contributed by atoms with E-state index in [4.69, 9.17) is 17.0 Å². The third-order valence-electron chi connectivity index (χ3n) is 1.81. The van der Waals surface area contributed by atoms with E-state index >= 15 is 0 Å². The summed E-state index contributed by atoms with van der Waals surface area (Å²) in [6.45, 7) is 4.57. The SMILES string of the molecule is CCNC(=S)N[C@H]1C[C@@H](C)OC1=O. The maximum absolute atomic E-state index is 11.2. The average molecular weight is 202 g/mol. The van der Waals surface area contributed by atoms with Crippen molar-refractivity contribution in [3.05, 3.63) is 0 Å². The van der Waals surface area contributed by atoms with Crippen molar-refractivity contribution in [1.82, 2.24) is 10.6 Å². The molecular formula is C8H14N2O2S. The van der Waals surface area contributed by atoms with Crippen LogP contribution in [0.4, 0.5) is 0 Å². The Bertz CT molecular complexity index is 220. The van der Waals surface area contributed by atoms with Crippen molar-refractivity contribution < 1.29 is 9.53 Å². The first-order chi connectivity index (χ1) is 6.13. The lowest BCUT2D eigenvalue weighted by Crippen LogP contribution is -2.43. The summed E-state index contributed by atoms with van der Waals surface area (Å²) in [5.74, 6) is -0.215.